The molecule has 0 unspecified atom stereocenters. The second-order valence-electron chi connectivity index (χ2n) is 12.1. The fourth-order valence-corrected chi connectivity index (χ4v) is 7.53. The van der Waals surface area contributed by atoms with Crippen LogP contribution in [-0.2, 0) is 0 Å². The lowest BCUT2D eigenvalue weighted by molar-refractivity contribution is 0.668. The van der Waals surface area contributed by atoms with Gasteiger partial charge < -0.3 is 8.83 Å². The molecule has 0 saturated heterocycles. The van der Waals surface area contributed by atoms with Crippen LogP contribution in [0.25, 0.3) is 111 Å². The van der Waals surface area contributed by atoms with Crippen molar-refractivity contribution in [2.75, 3.05) is 0 Å². The number of furan rings is 2. The molecular weight excluding hydrogens is 592 g/mol. The van der Waals surface area contributed by atoms with E-state index in [9.17, 15) is 0 Å². The SMILES string of the molecule is c1ccc2c(c1)-c1cccc3c(-c4nc(-c5cccc6oc7ccccc7c56)nc(-c5nccc6oc7ccccc7c56)n4)ccc-2c13. The molecule has 222 valence electrons. The molecule has 0 amide bonds. The number of benzene rings is 6. The predicted octanol–water partition coefficient (Wildman–Crippen LogP) is 10.9. The first kappa shape index (κ1) is 25.5. The van der Waals surface area contributed by atoms with Crippen LogP contribution in [-0.4, -0.2) is 19.9 Å². The van der Waals surface area contributed by atoms with Gasteiger partial charge in [-0.1, -0.05) is 97.1 Å². The van der Waals surface area contributed by atoms with Crippen molar-refractivity contribution < 1.29 is 8.83 Å². The van der Waals surface area contributed by atoms with Crippen LogP contribution in [0.5, 0.6) is 0 Å². The molecule has 1 aliphatic carbocycles. The van der Waals surface area contributed by atoms with E-state index in [1.165, 1.54) is 27.6 Å². The first-order valence-corrected chi connectivity index (χ1v) is 15.9. The lowest BCUT2D eigenvalue weighted by Gasteiger charge is -2.12. The Morgan fingerprint density at radius 2 is 0.854 bits per heavy atom. The van der Waals surface area contributed by atoms with E-state index < -0.39 is 0 Å². The average Bonchev–Trinajstić information content (AvgIpc) is 3.82. The van der Waals surface area contributed by atoms with Crippen LogP contribution in [0, 0.1) is 0 Å². The molecule has 6 aromatic carbocycles. The van der Waals surface area contributed by atoms with Crippen molar-refractivity contribution in [1.82, 2.24) is 19.9 Å². The van der Waals surface area contributed by atoms with Gasteiger partial charge in [-0.25, -0.2) is 15.0 Å². The van der Waals surface area contributed by atoms with Crippen LogP contribution >= 0.6 is 0 Å². The Balaban J connectivity index is 1.24. The van der Waals surface area contributed by atoms with Crippen LogP contribution in [0.15, 0.2) is 142 Å². The molecule has 0 aliphatic heterocycles. The Bertz CT molecular complexity index is 2810. The van der Waals surface area contributed by atoms with Gasteiger partial charge in [0.15, 0.2) is 17.5 Å². The number of pyridine rings is 1. The lowest BCUT2D eigenvalue weighted by atomic mass is 9.98. The molecule has 4 heterocycles. The summed E-state index contributed by atoms with van der Waals surface area (Å²) < 4.78 is 12.5. The Morgan fingerprint density at radius 1 is 0.333 bits per heavy atom. The van der Waals surface area contributed by atoms with Gasteiger partial charge in [-0.15, -0.1) is 0 Å². The summed E-state index contributed by atoms with van der Waals surface area (Å²) in [5.41, 5.74) is 10.5. The standard InChI is InChI=1S/C42H22N4O2/c1-2-10-24-23(9-1)25-13-7-14-26-28(20-19-27(24)36(25)26)40-44-41(31-15-8-18-34-37(31)29-11-3-5-16-32(29)47-34)46-42(45-40)39-38-30-12-4-6-17-33(30)48-35(38)21-22-43-39/h1-22H. The number of para-hydroxylation sites is 2. The van der Waals surface area contributed by atoms with Gasteiger partial charge >= 0.3 is 0 Å². The van der Waals surface area contributed by atoms with E-state index in [1.54, 1.807) is 6.20 Å². The lowest BCUT2D eigenvalue weighted by Crippen LogP contribution is -2.02. The number of hydrogen-bond donors (Lipinski definition) is 0. The second-order valence-corrected chi connectivity index (χ2v) is 12.1. The molecule has 6 heteroatoms. The van der Waals surface area contributed by atoms with Crippen molar-refractivity contribution in [3.05, 3.63) is 134 Å². The highest BCUT2D eigenvalue weighted by Gasteiger charge is 2.25. The molecule has 1 aliphatic rings. The van der Waals surface area contributed by atoms with E-state index >= 15 is 0 Å². The summed E-state index contributed by atoms with van der Waals surface area (Å²) in [6.07, 6.45) is 1.75. The maximum atomic E-state index is 6.27. The monoisotopic (exact) mass is 614 g/mol. The maximum Gasteiger partial charge on any atom is 0.183 e. The highest BCUT2D eigenvalue weighted by Crippen LogP contribution is 2.49. The minimum absolute atomic E-state index is 0.475. The van der Waals surface area contributed by atoms with Gasteiger partial charge in [-0.05, 0) is 63.4 Å². The summed E-state index contributed by atoms with van der Waals surface area (Å²) in [6.45, 7) is 0. The summed E-state index contributed by atoms with van der Waals surface area (Å²) in [7, 11) is 0. The number of hydrogen-bond acceptors (Lipinski definition) is 6. The van der Waals surface area contributed by atoms with E-state index in [-0.39, 0.29) is 0 Å². The highest BCUT2D eigenvalue weighted by molar-refractivity contribution is 6.19. The maximum absolute atomic E-state index is 6.27. The third-order valence-corrected chi connectivity index (χ3v) is 9.57. The minimum Gasteiger partial charge on any atom is -0.456 e. The molecule has 6 nitrogen and oxygen atoms in total. The number of aromatic nitrogens is 4. The largest absolute Gasteiger partial charge is 0.456 e. The molecule has 0 bridgehead atoms. The Morgan fingerprint density at radius 3 is 1.65 bits per heavy atom. The van der Waals surface area contributed by atoms with Crippen molar-refractivity contribution >= 4 is 54.6 Å². The van der Waals surface area contributed by atoms with E-state index in [2.05, 4.69) is 72.8 Å². The van der Waals surface area contributed by atoms with Crippen LogP contribution in [0.2, 0.25) is 0 Å². The molecule has 0 N–H and O–H groups in total. The quantitative estimate of drug-likeness (QED) is 0.197. The average molecular weight is 615 g/mol. The van der Waals surface area contributed by atoms with E-state index in [0.29, 0.717) is 23.2 Å². The van der Waals surface area contributed by atoms with E-state index in [1.807, 2.05) is 54.6 Å². The zero-order valence-electron chi connectivity index (χ0n) is 25.3. The predicted molar refractivity (Wildman–Crippen MR) is 190 cm³/mol. The Hall–Kier alpha value is -6.66. The summed E-state index contributed by atoms with van der Waals surface area (Å²) >= 11 is 0. The van der Waals surface area contributed by atoms with Gasteiger partial charge in [0.2, 0.25) is 0 Å². The summed E-state index contributed by atoms with van der Waals surface area (Å²) in [4.78, 5) is 20.5. The van der Waals surface area contributed by atoms with Crippen LogP contribution in [0.3, 0.4) is 0 Å². The second kappa shape index (κ2) is 9.44. The van der Waals surface area contributed by atoms with E-state index in [0.717, 1.165) is 60.4 Å². The Kier molecular flexibility index (Phi) is 5.02. The fourth-order valence-electron chi connectivity index (χ4n) is 7.53. The molecular formula is C42H22N4O2. The summed E-state index contributed by atoms with van der Waals surface area (Å²) in [5.74, 6) is 1.60. The zero-order chi connectivity index (χ0) is 31.3. The Labute approximate surface area is 273 Å². The van der Waals surface area contributed by atoms with Crippen molar-refractivity contribution in [3.8, 4) is 56.5 Å². The van der Waals surface area contributed by atoms with Gasteiger partial charge in [0.05, 0.1) is 5.39 Å². The van der Waals surface area contributed by atoms with Gasteiger partial charge in [0.1, 0.15) is 28.0 Å². The van der Waals surface area contributed by atoms with Crippen molar-refractivity contribution in [3.63, 3.8) is 0 Å². The van der Waals surface area contributed by atoms with Crippen LogP contribution in [0.4, 0.5) is 0 Å². The molecule has 11 rings (SSSR count). The third-order valence-electron chi connectivity index (χ3n) is 9.57. The number of rotatable bonds is 3. The molecule has 4 aromatic heterocycles. The number of nitrogens with zero attached hydrogens (tertiary/aromatic N) is 4. The molecule has 48 heavy (non-hydrogen) atoms. The normalized spacial score (nSPS) is 12.2. The molecule has 0 atom stereocenters. The van der Waals surface area contributed by atoms with Gasteiger partial charge in [-0.3, -0.25) is 4.98 Å². The summed E-state index contributed by atoms with van der Waals surface area (Å²) in [6, 6.07) is 43.4. The van der Waals surface area contributed by atoms with Gasteiger partial charge in [0, 0.05) is 33.5 Å². The smallest absolute Gasteiger partial charge is 0.183 e. The minimum atomic E-state index is 0.475. The van der Waals surface area contributed by atoms with Crippen molar-refractivity contribution in [1.29, 1.82) is 0 Å². The van der Waals surface area contributed by atoms with Crippen molar-refractivity contribution in [2.24, 2.45) is 0 Å². The topological polar surface area (TPSA) is 77.8 Å². The fraction of sp³-hybridized carbons (Fsp3) is 0. The summed E-state index contributed by atoms with van der Waals surface area (Å²) in [5, 5.41) is 6.12. The van der Waals surface area contributed by atoms with Crippen LogP contribution < -0.4 is 0 Å². The van der Waals surface area contributed by atoms with E-state index in [4.69, 9.17) is 28.8 Å². The van der Waals surface area contributed by atoms with Gasteiger partial charge in [0.25, 0.3) is 0 Å². The van der Waals surface area contributed by atoms with Crippen molar-refractivity contribution in [2.45, 2.75) is 0 Å². The highest BCUT2D eigenvalue weighted by atomic mass is 16.3. The number of fused-ring (bicyclic) bond motifs is 9. The zero-order valence-corrected chi connectivity index (χ0v) is 25.3. The molecule has 0 radical (unpaired) electrons. The first-order valence-electron chi connectivity index (χ1n) is 15.9. The first-order chi connectivity index (χ1) is 23.8. The third kappa shape index (κ3) is 3.46. The molecule has 10 aromatic rings. The molecule has 0 fully saturated rings. The molecule has 0 saturated carbocycles. The van der Waals surface area contributed by atoms with Crippen LogP contribution in [0.1, 0.15) is 0 Å². The van der Waals surface area contributed by atoms with Gasteiger partial charge in [-0.2, -0.15) is 0 Å². The molecule has 0 spiro atoms.